The van der Waals surface area contributed by atoms with Gasteiger partial charge in [-0.2, -0.15) is 0 Å². The maximum atomic E-state index is 11.6. The van der Waals surface area contributed by atoms with E-state index in [1.807, 2.05) is 29.0 Å². The third-order valence-electron chi connectivity index (χ3n) is 3.06. The van der Waals surface area contributed by atoms with Gasteiger partial charge in [-0.05, 0) is 35.9 Å². The van der Waals surface area contributed by atoms with Crippen LogP contribution in [0.2, 0.25) is 0 Å². The average Bonchev–Trinajstić information content (AvgIpc) is 2.91. The van der Waals surface area contributed by atoms with Crippen molar-refractivity contribution in [1.82, 2.24) is 10.0 Å². The fourth-order valence-corrected chi connectivity index (χ4v) is 2.68. The van der Waals surface area contributed by atoms with Gasteiger partial charge in [0.15, 0.2) is 9.84 Å². The lowest BCUT2D eigenvalue weighted by Crippen LogP contribution is -2.15. The monoisotopic (exact) mass is 320 g/mol. The highest BCUT2D eigenvalue weighted by atomic mass is 32.2. The molecule has 1 heterocycles. The molecule has 0 saturated heterocycles. The minimum Gasteiger partial charge on any atom is -0.344 e. The van der Waals surface area contributed by atoms with E-state index in [1.165, 1.54) is 17.8 Å². The zero-order valence-corrected chi connectivity index (χ0v) is 12.7. The molecular weight excluding hydrogens is 304 g/mol. The standard InChI is InChI=1S/C15H16N2O4S/c1-22(20,21)14-6-2-4-12(10-14)11-17-9-3-5-13(17)7-8-15(18)16-19/h2-10,19H,11H2,1H3,(H,16,18)/b8-7+. The molecule has 1 aromatic heterocycles. The van der Waals surface area contributed by atoms with Crippen LogP contribution in [-0.2, 0) is 21.2 Å². The molecule has 0 atom stereocenters. The maximum absolute atomic E-state index is 11.6. The highest BCUT2D eigenvalue weighted by Crippen LogP contribution is 2.14. The fraction of sp³-hybridized carbons (Fsp3) is 0.133. The van der Waals surface area contributed by atoms with Crippen LogP contribution in [0, 0.1) is 0 Å². The molecule has 0 saturated carbocycles. The van der Waals surface area contributed by atoms with Gasteiger partial charge in [0.2, 0.25) is 0 Å². The first-order valence-corrected chi connectivity index (χ1v) is 8.35. The molecular formula is C15H16N2O4S. The number of nitrogens with zero attached hydrogens (tertiary/aromatic N) is 1. The number of amides is 1. The van der Waals surface area contributed by atoms with Gasteiger partial charge >= 0.3 is 0 Å². The summed E-state index contributed by atoms with van der Waals surface area (Å²) in [6.07, 6.45) is 5.76. The summed E-state index contributed by atoms with van der Waals surface area (Å²) in [7, 11) is -3.24. The minimum atomic E-state index is -3.24. The largest absolute Gasteiger partial charge is 0.344 e. The second kappa shape index (κ2) is 6.59. The van der Waals surface area contributed by atoms with E-state index >= 15 is 0 Å². The highest BCUT2D eigenvalue weighted by molar-refractivity contribution is 7.90. The van der Waals surface area contributed by atoms with Crippen molar-refractivity contribution >= 4 is 21.8 Å². The number of nitrogens with one attached hydrogen (secondary N) is 1. The van der Waals surface area contributed by atoms with Gasteiger partial charge in [0.05, 0.1) is 4.90 Å². The first-order valence-electron chi connectivity index (χ1n) is 6.46. The summed E-state index contributed by atoms with van der Waals surface area (Å²) in [5.74, 6) is -0.619. The normalized spacial score (nSPS) is 11.7. The van der Waals surface area contributed by atoms with Crippen LogP contribution in [0.25, 0.3) is 6.08 Å². The van der Waals surface area contributed by atoms with E-state index in [9.17, 15) is 13.2 Å². The lowest BCUT2D eigenvalue weighted by molar-refractivity contribution is -0.124. The van der Waals surface area contributed by atoms with Crippen molar-refractivity contribution in [2.75, 3.05) is 6.26 Å². The summed E-state index contributed by atoms with van der Waals surface area (Å²) in [5.41, 5.74) is 3.11. The van der Waals surface area contributed by atoms with Crippen LogP contribution in [0.5, 0.6) is 0 Å². The van der Waals surface area contributed by atoms with Gasteiger partial charge in [0.25, 0.3) is 5.91 Å². The van der Waals surface area contributed by atoms with E-state index in [-0.39, 0.29) is 4.90 Å². The van der Waals surface area contributed by atoms with E-state index in [0.29, 0.717) is 6.54 Å². The van der Waals surface area contributed by atoms with Gasteiger partial charge in [-0.3, -0.25) is 10.0 Å². The zero-order valence-electron chi connectivity index (χ0n) is 11.9. The third-order valence-corrected chi connectivity index (χ3v) is 4.17. The Kier molecular flexibility index (Phi) is 4.79. The zero-order chi connectivity index (χ0) is 16.2. The number of hydrogen-bond acceptors (Lipinski definition) is 4. The molecule has 0 aliphatic carbocycles. The first kappa shape index (κ1) is 16.0. The molecule has 2 N–H and O–H groups in total. The van der Waals surface area contributed by atoms with E-state index < -0.39 is 15.7 Å². The molecule has 22 heavy (non-hydrogen) atoms. The number of hydrogen-bond donors (Lipinski definition) is 2. The van der Waals surface area contributed by atoms with Gasteiger partial charge < -0.3 is 4.57 Å². The Hall–Kier alpha value is -2.38. The number of aromatic nitrogens is 1. The van der Waals surface area contributed by atoms with Crippen molar-refractivity contribution in [2.45, 2.75) is 11.4 Å². The molecule has 0 aliphatic heterocycles. The number of sulfone groups is 1. The molecule has 0 bridgehead atoms. The SMILES string of the molecule is CS(=O)(=O)c1cccc(Cn2cccc2/C=C/C(=O)NO)c1. The smallest absolute Gasteiger partial charge is 0.267 e. The molecule has 0 aliphatic rings. The lowest BCUT2D eigenvalue weighted by atomic mass is 10.2. The Morgan fingerprint density at radius 1 is 1.32 bits per heavy atom. The van der Waals surface area contributed by atoms with E-state index in [4.69, 9.17) is 5.21 Å². The Bertz CT molecular complexity index is 806. The van der Waals surface area contributed by atoms with E-state index in [0.717, 1.165) is 11.3 Å². The van der Waals surface area contributed by atoms with Gasteiger partial charge in [-0.15, -0.1) is 0 Å². The molecule has 2 aromatic rings. The molecule has 0 fully saturated rings. The summed E-state index contributed by atoms with van der Waals surface area (Å²) in [5, 5.41) is 8.46. The van der Waals surface area contributed by atoms with Gasteiger partial charge in [0, 0.05) is 30.8 Å². The molecule has 0 radical (unpaired) electrons. The second-order valence-corrected chi connectivity index (χ2v) is 6.81. The Balaban J connectivity index is 2.24. The topological polar surface area (TPSA) is 88.4 Å². The summed E-state index contributed by atoms with van der Waals surface area (Å²) in [4.78, 5) is 11.3. The van der Waals surface area contributed by atoms with Crippen molar-refractivity contribution in [3.05, 3.63) is 59.9 Å². The number of carbonyl (C=O) groups is 1. The third kappa shape index (κ3) is 4.06. The van der Waals surface area contributed by atoms with Gasteiger partial charge in [-0.1, -0.05) is 12.1 Å². The molecule has 1 amide bonds. The molecule has 2 rings (SSSR count). The summed E-state index contributed by atoms with van der Waals surface area (Å²) in [6.45, 7) is 0.469. The van der Waals surface area contributed by atoms with Crippen molar-refractivity contribution in [1.29, 1.82) is 0 Å². The van der Waals surface area contributed by atoms with Crippen molar-refractivity contribution in [3.8, 4) is 0 Å². The molecule has 6 nitrogen and oxygen atoms in total. The highest BCUT2D eigenvalue weighted by Gasteiger charge is 2.08. The fourth-order valence-electron chi connectivity index (χ4n) is 1.99. The number of rotatable bonds is 5. The maximum Gasteiger partial charge on any atom is 0.267 e. The van der Waals surface area contributed by atoms with Crippen LogP contribution < -0.4 is 5.48 Å². The van der Waals surface area contributed by atoms with Crippen molar-refractivity contribution < 1.29 is 18.4 Å². The molecule has 1 aromatic carbocycles. The summed E-state index contributed by atoms with van der Waals surface area (Å²) in [6, 6.07) is 10.3. The predicted molar refractivity (Wildman–Crippen MR) is 82.0 cm³/mol. The van der Waals surface area contributed by atoms with Crippen molar-refractivity contribution in [3.63, 3.8) is 0 Å². The average molecular weight is 320 g/mol. The second-order valence-electron chi connectivity index (χ2n) is 4.79. The lowest BCUT2D eigenvalue weighted by Gasteiger charge is -2.08. The number of carbonyl (C=O) groups excluding carboxylic acids is 1. The molecule has 0 spiro atoms. The Labute approximate surface area is 128 Å². The molecule has 7 heteroatoms. The molecule has 116 valence electrons. The summed E-state index contributed by atoms with van der Waals surface area (Å²) >= 11 is 0. The Morgan fingerprint density at radius 3 is 2.77 bits per heavy atom. The Morgan fingerprint density at radius 2 is 2.09 bits per heavy atom. The van der Waals surface area contributed by atoms with E-state index in [2.05, 4.69) is 0 Å². The van der Waals surface area contributed by atoms with Gasteiger partial charge in [-0.25, -0.2) is 13.9 Å². The van der Waals surface area contributed by atoms with Crippen LogP contribution in [0.1, 0.15) is 11.3 Å². The quantitative estimate of drug-likeness (QED) is 0.496. The van der Waals surface area contributed by atoms with Crippen LogP contribution in [0.3, 0.4) is 0 Å². The van der Waals surface area contributed by atoms with Gasteiger partial charge in [0.1, 0.15) is 0 Å². The van der Waals surface area contributed by atoms with Crippen LogP contribution >= 0.6 is 0 Å². The van der Waals surface area contributed by atoms with Crippen LogP contribution in [0.15, 0.2) is 53.6 Å². The predicted octanol–water partition coefficient (Wildman–Crippen LogP) is 1.46. The van der Waals surface area contributed by atoms with E-state index in [1.54, 1.807) is 24.3 Å². The number of hydroxylamine groups is 1. The van der Waals surface area contributed by atoms with Crippen LogP contribution in [0.4, 0.5) is 0 Å². The van der Waals surface area contributed by atoms with Crippen molar-refractivity contribution in [2.24, 2.45) is 0 Å². The number of benzene rings is 1. The van der Waals surface area contributed by atoms with Crippen LogP contribution in [-0.4, -0.2) is 30.4 Å². The first-order chi connectivity index (χ1) is 10.4. The molecule has 0 unspecified atom stereocenters. The summed E-state index contributed by atoms with van der Waals surface area (Å²) < 4.78 is 25.0. The minimum absolute atomic E-state index is 0.272.